The maximum Gasteiger partial charge on any atom is -0.00761 e. The average Bonchev–Trinajstić information content (AvgIpc) is 1.34. The Morgan fingerprint density at radius 1 is 0.141 bits per heavy atom. The molecule has 0 nitrogen and oxygen atoms in total. The van der Waals surface area contributed by atoms with Crippen molar-refractivity contribution < 1.29 is 0 Å². The van der Waals surface area contributed by atoms with Gasteiger partial charge in [-0.05, 0) is 194 Å². The first-order valence-electron chi connectivity index (χ1n) is 32.0. The molecule has 92 heavy (non-hydrogen) atoms. The molecule has 18 rings (SSSR count). The van der Waals surface area contributed by atoms with Crippen molar-refractivity contribution in [2.75, 3.05) is 0 Å². The minimum absolute atomic E-state index is 1.27. The molecule has 18 aromatic carbocycles. The van der Waals surface area contributed by atoms with E-state index in [4.69, 9.17) is 0 Å². The first-order valence-corrected chi connectivity index (χ1v) is 32.0. The van der Waals surface area contributed by atoms with Crippen molar-refractivity contribution in [3.05, 3.63) is 373 Å². The second-order valence-corrected chi connectivity index (χ2v) is 24.3. The predicted octanol–water partition coefficient (Wildman–Crippen LogP) is 26.3. The molecule has 0 heterocycles. The molecule has 18 aromatic rings. The number of benzene rings is 18. The number of fused-ring (bicyclic) bond motifs is 16. The Kier molecular flexibility index (Phi) is 17.7. The van der Waals surface area contributed by atoms with Crippen LogP contribution in [0.2, 0.25) is 0 Å². The first kappa shape index (κ1) is 59.8. The molecule has 0 fully saturated rings. The summed E-state index contributed by atoms with van der Waals surface area (Å²) >= 11 is 0. The van der Waals surface area contributed by atoms with Crippen LogP contribution in [-0.4, -0.2) is 0 Å². The lowest BCUT2D eigenvalue weighted by Crippen LogP contribution is -1.81. The van der Waals surface area contributed by atoms with Crippen molar-refractivity contribution in [2.24, 2.45) is 0 Å². The Bertz CT molecular complexity index is 5560. The predicted molar refractivity (Wildman–Crippen MR) is 405 cm³/mol. The van der Waals surface area contributed by atoms with Gasteiger partial charge in [0.2, 0.25) is 0 Å². The summed E-state index contributed by atoms with van der Waals surface area (Å²) in [5.74, 6) is 0. The SMILES string of the molecule is Cc1cc2ccccc2c2ccccc12.Cc1ccc2c(ccc3ccccc32)c1.Cc1ccc2cc(-c3ccccc3)ccc2c1.Cc1ccc2ccc3ccccc3c2c1.Cc1cccc2c1ccc1ccccc12.Cc1cccc2ccc3ccccc3c12. The van der Waals surface area contributed by atoms with Crippen molar-refractivity contribution in [3.63, 3.8) is 0 Å². The summed E-state index contributed by atoms with van der Waals surface area (Å²) in [6.07, 6.45) is 0. The van der Waals surface area contributed by atoms with Gasteiger partial charge in [0.1, 0.15) is 0 Å². The minimum Gasteiger partial charge on any atom is -0.0622 e. The van der Waals surface area contributed by atoms with Crippen LogP contribution < -0.4 is 0 Å². The summed E-state index contributed by atoms with van der Waals surface area (Å²) in [5.41, 5.74) is 10.5. The van der Waals surface area contributed by atoms with Gasteiger partial charge < -0.3 is 0 Å². The van der Waals surface area contributed by atoms with E-state index in [0.29, 0.717) is 0 Å². The van der Waals surface area contributed by atoms with Gasteiger partial charge in [-0.3, -0.25) is 0 Å². The summed E-state index contributed by atoms with van der Waals surface area (Å²) in [4.78, 5) is 0. The van der Waals surface area contributed by atoms with E-state index >= 15 is 0 Å². The first-order chi connectivity index (χ1) is 45.1. The average molecular weight is 1180 g/mol. The van der Waals surface area contributed by atoms with Gasteiger partial charge in [0, 0.05) is 0 Å². The highest BCUT2D eigenvalue weighted by Gasteiger charge is 2.06. The summed E-state index contributed by atoms with van der Waals surface area (Å²) < 4.78 is 0. The Balaban J connectivity index is 0.000000101. The molecule has 0 saturated carbocycles. The van der Waals surface area contributed by atoms with Gasteiger partial charge in [0.05, 0.1) is 0 Å². The molecule has 0 amide bonds. The topological polar surface area (TPSA) is 0 Å². The van der Waals surface area contributed by atoms with Gasteiger partial charge in [-0.1, -0.05) is 350 Å². The summed E-state index contributed by atoms with van der Waals surface area (Å²) in [7, 11) is 0. The van der Waals surface area contributed by atoms with Crippen LogP contribution in [0.5, 0.6) is 0 Å². The Labute approximate surface area is 540 Å². The van der Waals surface area contributed by atoms with E-state index in [-0.39, 0.29) is 0 Å². The molecule has 0 bridgehead atoms. The fraction of sp³-hybridized carbons (Fsp3) is 0.0652. The van der Waals surface area contributed by atoms with Crippen LogP contribution in [0.15, 0.2) is 340 Å². The Morgan fingerprint density at radius 2 is 0.478 bits per heavy atom. The molecule has 0 heteroatoms. The Hall–Kier alpha value is -11.2. The summed E-state index contributed by atoms with van der Waals surface area (Å²) in [6.45, 7) is 12.9. The second-order valence-electron chi connectivity index (χ2n) is 24.3. The monoisotopic (exact) mass is 1180 g/mol. The van der Waals surface area contributed by atoms with Crippen LogP contribution >= 0.6 is 0 Å². The third kappa shape index (κ3) is 13.1. The van der Waals surface area contributed by atoms with Crippen LogP contribution in [0.1, 0.15) is 33.4 Å². The van der Waals surface area contributed by atoms with E-state index in [1.54, 1.807) is 0 Å². The van der Waals surface area contributed by atoms with Gasteiger partial charge in [0.15, 0.2) is 0 Å². The van der Waals surface area contributed by atoms with Crippen molar-refractivity contribution in [2.45, 2.75) is 41.5 Å². The van der Waals surface area contributed by atoms with Gasteiger partial charge in [0.25, 0.3) is 0 Å². The van der Waals surface area contributed by atoms with E-state index in [2.05, 4.69) is 375 Å². The molecule has 0 unspecified atom stereocenters. The highest BCUT2D eigenvalue weighted by Crippen LogP contribution is 2.33. The van der Waals surface area contributed by atoms with E-state index in [0.717, 1.165) is 0 Å². The molecular formula is C92H74. The Morgan fingerprint density at radius 3 is 1.13 bits per heavy atom. The second kappa shape index (κ2) is 27.3. The van der Waals surface area contributed by atoms with Gasteiger partial charge in [-0.2, -0.15) is 0 Å². The molecule has 0 aliphatic heterocycles. The zero-order chi connectivity index (χ0) is 62.9. The maximum absolute atomic E-state index is 2.26. The molecule has 0 saturated heterocycles. The fourth-order valence-corrected chi connectivity index (χ4v) is 13.1. The standard InChI is InChI=1S/C17H14.5C15H12/c1-13-7-8-17-12-16(10-9-15(17)11-13)14-5-3-2-4-6-14;1-11-5-4-7-13-10-9-12-6-2-3-8-14(12)15(11)13;1-11-10-12-6-2-3-8-14(12)15-9-5-4-7-13(11)15;1-11-5-4-8-15-13(11)10-9-12-6-2-3-7-14(12)15;1-11-6-9-15-13(10-11)8-7-12-4-2-3-5-14(12)15;1-11-6-7-13-9-8-12-4-2-3-5-14(12)15(13)10-11/h2-12H,1H3;5*2-10H,1H3. The third-order valence-corrected chi connectivity index (χ3v) is 17.9. The van der Waals surface area contributed by atoms with Crippen molar-refractivity contribution in [3.8, 4) is 11.1 Å². The molecule has 0 aliphatic carbocycles. The van der Waals surface area contributed by atoms with Crippen molar-refractivity contribution >= 4 is 118 Å². The quantitative estimate of drug-likeness (QED) is 0.144. The molecule has 0 spiro atoms. The molecular weight excluding hydrogens is 1110 g/mol. The highest BCUT2D eigenvalue weighted by molar-refractivity contribution is 6.12. The lowest BCUT2D eigenvalue weighted by atomic mass is 9.98. The van der Waals surface area contributed by atoms with Gasteiger partial charge in [-0.15, -0.1) is 0 Å². The van der Waals surface area contributed by atoms with Crippen LogP contribution in [-0.2, 0) is 0 Å². The normalized spacial score (nSPS) is 10.9. The smallest absolute Gasteiger partial charge is 0.00761 e. The number of hydrogen-bond donors (Lipinski definition) is 0. The van der Waals surface area contributed by atoms with Crippen LogP contribution in [0.25, 0.3) is 130 Å². The van der Waals surface area contributed by atoms with E-state index in [9.17, 15) is 0 Å². The van der Waals surface area contributed by atoms with E-state index in [1.807, 2.05) is 6.07 Å². The fourth-order valence-electron chi connectivity index (χ4n) is 13.1. The molecule has 0 N–H and O–H groups in total. The minimum atomic E-state index is 1.27. The van der Waals surface area contributed by atoms with Crippen LogP contribution in [0, 0.1) is 41.5 Å². The number of aryl methyl sites for hydroxylation is 6. The number of hydrogen-bond acceptors (Lipinski definition) is 0. The zero-order valence-corrected chi connectivity index (χ0v) is 53.3. The summed E-state index contributed by atoms with van der Waals surface area (Å²) in [6, 6.07) is 121. The highest BCUT2D eigenvalue weighted by atomic mass is 14.1. The lowest BCUT2D eigenvalue weighted by Gasteiger charge is -2.06. The molecule has 0 atom stereocenters. The van der Waals surface area contributed by atoms with Crippen LogP contribution in [0.4, 0.5) is 0 Å². The lowest BCUT2D eigenvalue weighted by molar-refractivity contribution is 1.50. The summed E-state index contributed by atoms with van der Waals surface area (Å²) in [5, 5.41) is 29.4. The van der Waals surface area contributed by atoms with Crippen LogP contribution in [0.3, 0.4) is 0 Å². The van der Waals surface area contributed by atoms with Crippen molar-refractivity contribution in [1.82, 2.24) is 0 Å². The molecule has 0 radical (unpaired) electrons. The maximum atomic E-state index is 2.26. The van der Waals surface area contributed by atoms with E-state index in [1.165, 1.54) is 163 Å². The van der Waals surface area contributed by atoms with Gasteiger partial charge >= 0.3 is 0 Å². The zero-order valence-electron chi connectivity index (χ0n) is 53.3. The molecule has 0 aromatic heterocycles. The van der Waals surface area contributed by atoms with E-state index < -0.39 is 0 Å². The van der Waals surface area contributed by atoms with Gasteiger partial charge in [-0.25, -0.2) is 0 Å². The van der Waals surface area contributed by atoms with Crippen molar-refractivity contribution in [1.29, 1.82) is 0 Å². The largest absolute Gasteiger partial charge is 0.0622 e. The molecule has 0 aliphatic rings. The molecule has 442 valence electrons. The number of rotatable bonds is 1. The third-order valence-electron chi connectivity index (χ3n) is 17.9.